The number of piperidine rings is 2. The number of hydrogen-bond acceptors (Lipinski definition) is 2. The lowest BCUT2D eigenvalue weighted by molar-refractivity contribution is 0.124. The Labute approximate surface area is 113 Å². The molecule has 0 aromatic carbocycles. The minimum atomic E-state index is 0.790. The van der Waals surface area contributed by atoms with Crippen molar-refractivity contribution in [2.45, 2.75) is 70.4 Å². The molecule has 0 aromatic heterocycles. The Morgan fingerprint density at radius 1 is 0.944 bits per heavy atom. The molecule has 1 N–H and O–H groups in total. The van der Waals surface area contributed by atoms with E-state index in [4.69, 9.17) is 0 Å². The monoisotopic (exact) mass is 250 g/mol. The fourth-order valence-corrected chi connectivity index (χ4v) is 4.27. The molecule has 3 atom stereocenters. The minimum absolute atomic E-state index is 0.790. The van der Waals surface area contributed by atoms with Crippen LogP contribution in [0.5, 0.6) is 0 Å². The van der Waals surface area contributed by atoms with Gasteiger partial charge in [0.05, 0.1) is 0 Å². The second kappa shape index (κ2) is 5.92. The third kappa shape index (κ3) is 3.08. The van der Waals surface area contributed by atoms with Crippen LogP contribution in [-0.4, -0.2) is 36.6 Å². The molecule has 2 heteroatoms. The van der Waals surface area contributed by atoms with Gasteiger partial charge in [-0.2, -0.15) is 0 Å². The highest BCUT2D eigenvalue weighted by Crippen LogP contribution is 2.32. The van der Waals surface area contributed by atoms with Gasteiger partial charge < -0.3 is 10.2 Å². The number of nitrogens with zero attached hydrogens (tertiary/aromatic N) is 1. The largest absolute Gasteiger partial charge is 0.310 e. The van der Waals surface area contributed by atoms with Crippen LogP contribution in [0, 0.1) is 11.8 Å². The van der Waals surface area contributed by atoms with E-state index in [1.54, 1.807) is 0 Å². The van der Waals surface area contributed by atoms with Crippen LogP contribution in [0.3, 0.4) is 0 Å². The van der Waals surface area contributed by atoms with Gasteiger partial charge in [0.2, 0.25) is 0 Å². The quantitative estimate of drug-likeness (QED) is 0.810. The van der Waals surface area contributed by atoms with E-state index in [2.05, 4.69) is 17.1 Å². The number of fused-ring (bicyclic) bond motifs is 1. The highest BCUT2D eigenvalue weighted by molar-refractivity contribution is 4.90. The van der Waals surface area contributed by atoms with Crippen LogP contribution in [0.1, 0.15) is 58.3 Å². The number of nitrogens with one attached hydrogen (secondary N) is 1. The van der Waals surface area contributed by atoms with Crippen molar-refractivity contribution >= 4 is 0 Å². The smallest absolute Gasteiger partial charge is 0.0197 e. The molecule has 18 heavy (non-hydrogen) atoms. The first-order valence-electron chi connectivity index (χ1n) is 8.29. The summed E-state index contributed by atoms with van der Waals surface area (Å²) in [5.41, 5.74) is 0. The van der Waals surface area contributed by atoms with E-state index in [9.17, 15) is 0 Å². The number of hydrogen-bond donors (Lipinski definition) is 1. The summed E-state index contributed by atoms with van der Waals surface area (Å²) in [7, 11) is 0. The van der Waals surface area contributed by atoms with Crippen molar-refractivity contribution in [1.29, 1.82) is 0 Å². The second-order valence-electron chi connectivity index (χ2n) is 7.08. The van der Waals surface area contributed by atoms with Crippen LogP contribution >= 0.6 is 0 Å². The van der Waals surface area contributed by atoms with Gasteiger partial charge in [-0.05, 0) is 63.5 Å². The van der Waals surface area contributed by atoms with Gasteiger partial charge in [-0.15, -0.1) is 0 Å². The molecule has 2 saturated heterocycles. The molecule has 3 rings (SSSR count). The first-order chi connectivity index (χ1) is 8.81. The summed E-state index contributed by atoms with van der Waals surface area (Å²) in [4.78, 5) is 2.71. The SMILES string of the molecule is CC1CCN(CC2CCC3CCCCC3N2)CC1. The Morgan fingerprint density at radius 2 is 1.72 bits per heavy atom. The number of likely N-dealkylation sites (tertiary alicyclic amines) is 1. The van der Waals surface area contributed by atoms with Crippen molar-refractivity contribution in [2.75, 3.05) is 19.6 Å². The van der Waals surface area contributed by atoms with E-state index in [1.807, 2.05) is 0 Å². The summed E-state index contributed by atoms with van der Waals surface area (Å²) < 4.78 is 0. The molecule has 3 aliphatic rings. The van der Waals surface area contributed by atoms with Gasteiger partial charge in [0.25, 0.3) is 0 Å². The molecule has 2 nitrogen and oxygen atoms in total. The predicted octanol–water partition coefficient (Wildman–Crippen LogP) is 3.03. The van der Waals surface area contributed by atoms with E-state index in [0.29, 0.717) is 0 Å². The van der Waals surface area contributed by atoms with Crippen LogP contribution in [0.25, 0.3) is 0 Å². The highest BCUT2D eigenvalue weighted by Gasteiger charge is 2.32. The van der Waals surface area contributed by atoms with Crippen molar-refractivity contribution < 1.29 is 0 Å². The van der Waals surface area contributed by atoms with E-state index in [-0.39, 0.29) is 0 Å². The van der Waals surface area contributed by atoms with Gasteiger partial charge in [-0.1, -0.05) is 19.8 Å². The molecule has 0 radical (unpaired) electrons. The molecule has 0 amide bonds. The molecule has 0 spiro atoms. The van der Waals surface area contributed by atoms with Gasteiger partial charge in [0.15, 0.2) is 0 Å². The van der Waals surface area contributed by atoms with Crippen LogP contribution in [0.2, 0.25) is 0 Å². The van der Waals surface area contributed by atoms with Crippen LogP contribution in [0.4, 0.5) is 0 Å². The molecular formula is C16H30N2. The minimum Gasteiger partial charge on any atom is -0.310 e. The van der Waals surface area contributed by atoms with Gasteiger partial charge >= 0.3 is 0 Å². The lowest BCUT2D eigenvalue weighted by Crippen LogP contribution is -2.53. The van der Waals surface area contributed by atoms with E-state index >= 15 is 0 Å². The zero-order valence-corrected chi connectivity index (χ0v) is 12.0. The third-order valence-electron chi connectivity index (χ3n) is 5.60. The van der Waals surface area contributed by atoms with Gasteiger partial charge in [0.1, 0.15) is 0 Å². The molecule has 2 aliphatic heterocycles. The number of rotatable bonds is 2. The first-order valence-corrected chi connectivity index (χ1v) is 8.29. The average Bonchev–Trinajstić information content (AvgIpc) is 2.41. The van der Waals surface area contributed by atoms with Crippen molar-refractivity contribution in [2.24, 2.45) is 11.8 Å². The van der Waals surface area contributed by atoms with Crippen LogP contribution < -0.4 is 5.32 Å². The van der Waals surface area contributed by atoms with Crippen LogP contribution in [0.15, 0.2) is 0 Å². The molecule has 0 bridgehead atoms. The van der Waals surface area contributed by atoms with Gasteiger partial charge in [-0.3, -0.25) is 0 Å². The zero-order chi connectivity index (χ0) is 12.4. The van der Waals surface area contributed by atoms with Gasteiger partial charge in [-0.25, -0.2) is 0 Å². The Morgan fingerprint density at radius 3 is 2.56 bits per heavy atom. The van der Waals surface area contributed by atoms with Gasteiger partial charge in [0, 0.05) is 18.6 Å². The van der Waals surface area contributed by atoms with Crippen LogP contribution in [-0.2, 0) is 0 Å². The molecule has 1 aliphatic carbocycles. The predicted molar refractivity (Wildman–Crippen MR) is 76.7 cm³/mol. The molecule has 0 aromatic rings. The molecular weight excluding hydrogens is 220 g/mol. The van der Waals surface area contributed by atoms with E-state index < -0.39 is 0 Å². The highest BCUT2D eigenvalue weighted by atomic mass is 15.2. The Bertz CT molecular complexity index is 258. The average molecular weight is 250 g/mol. The fraction of sp³-hybridized carbons (Fsp3) is 1.00. The Balaban J connectivity index is 1.46. The summed E-state index contributed by atoms with van der Waals surface area (Å²) in [6.07, 6.45) is 11.6. The molecule has 2 heterocycles. The first kappa shape index (κ1) is 12.9. The maximum Gasteiger partial charge on any atom is 0.0197 e. The molecule has 3 unspecified atom stereocenters. The summed E-state index contributed by atoms with van der Waals surface area (Å²) in [5.74, 6) is 1.97. The van der Waals surface area contributed by atoms with Crippen molar-refractivity contribution in [3.63, 3.8) is 0 Å². The zero-order valence-electron chi connectivity index (χ0n) is 12.0. The van der Waals surface area contributed by atoms with Crippen molar-refractivity contribution in [3.8, 4) is 0 Å². The standard InChI is InChI=1S/C16H30N2/c1-13-8-10-18(11-9-13)12-15-7-6-14-4-2-3-5-16(14)17-15/h13-17H,2-12H2,1H3. The summed E-state index contributed by atoms with van der Waals surface area (Å²) >= 11 is 0. The van der Waals surface area contributed by atoms with E-state index in [1.165, 1.54) is 71.0 Å². The maximum absolute atomic E-state index is 3.97. The Hall–Kier alpha value is -0.0800. The Kier molecular flexibility index (Phi) is 4.25. The molecule has 104 valence electrons. The lowest BCUT2D eigenvalue weighted by Gasteiger charge is -2.42. The van der Waals surface area contributed by atoms with E-state index in [0.717, 1.165) is 23.9 Å². The summed E-state index contributed by atoms with van der Waals surface area (Å²) in [6.45, 7) is 6.40. The fourth-order valence-electron chi connectivity index (χ4n) is 4.27. The normalized spacial score (nSPS) is 39.5. The summed E-state index contributed by atoms with van der Waals surface area (Å²) in [6, 6.07) is 1.65. The van der Waals surface area contributed by atoms with Crippen molar-refractivity contribution in [3.05, 3.63) is 0 Å². The molecule has 1 saturated carbocycles. The van der Waals surface area contributed by atoms with Crippen molar-refractivity contribution in [1.82, 2.24) is 10.2 Å². The second-order valence-corrected chi connectivity index (χ2v) is 7.08. The topological polar surface area (TPSA) is 15.3 Å². The maximum atomic E-state index is 3.97. The lowest BCUT2D eigenvalue weighted by atomic mass is 9.77. The summed E-state index contributed by atoms with van der Waals surface area (Å²) in [5, 5.41) is 3.97. The third-order valence-corrected chi connectivity index (χ3v) is 5.60. The molecule has 3 fully saturated rings.